The maximum absolute atomic E-state index is 13.7. The maximum Gasteiger partial charge on any atom is 0.234 e. The summed E-state index contributed by atoms with van der Waals surface area (Å²) < 4.78 is 26.9. The van der Waals surface area contributed by atoms with E-state index < -0.39 is 11.6 Å². The number of benzene rings is 2. The second kappa shape index (κ2) is 7.00. The second-order valence-corrected chi connectivity index (χ2v) is 8.17. The first-order valence-electron chi connectivity index (χ1n) is 8.73. The van der Waals surface area contributed by atoms with Crippen LogP contribution in [0.1, 0.15) is 23.6 Å². The molecule has 0 bridgehead atoms. The highest BCUT2D eigenvalue weighted by Gasteiger charge is 2.37. The zero-order valence-electron chi connectivity index (χ0n) is 14.4. The van der Waals surface area contributed by atoms with Gasteiger partial charge in [-0.05, 0) is 49.2 Å². The molecule has 1 amide bonds. The van der Waals surface area contributed by atoms with Crippen LogP contribution in [0.4, 0.5) is 8.78 Å². The molecule has 3 atom stereocenters. The molecule has 1 saturated heterocycles. The number of likely N-dealkylation sites (tertiary alicyclic amines) is 1. The lowest BCUT2D eigenvalue weighted by Crippen LogP contribution is -2.43. The van der Waals surface area contributed by atoms with E-state index in [0.29, 0.717) is 5.56 Å². The van der Waals surface area contributed by atoms with Crippen LogP contribution in [-0.2, 0) is 11.2 Å². The fourth-order valence-corrected chi connectivity index (χ4v) is 5.09. The average Bonchev–Trinajstić information content (AvgIpc) is 3.21. The largest absolute Gasteiger partial charge is 0.350 e. The van der Waals surface area contributed by atoms with Crippen LogP contribution in [0, 0.1) is 11.6 Å². The van der Waals surface area contributed by atoms with Crippen molar-refractivity contribution in [3.63, 3.8) is 0 Å². The Morgan fingerprint density at radius 2 is 2.00 bits per heavy atom. The summed E-state index contributed by atoms with van der Waals surface area (Å²) in [4.78, 5) is 16.0. The molecule has 6 heteroatoms. The summed E-state index contributed by atoms with van der Waals surface area (Å²) in [5.41, 5.74) is 1.90. The summed E-state index contributed by atoms with van der Waals surface area (Å²) in [7, 11) is 1.94. The smallest absolute Gasteiger partial charge is 0.234 e. The van der Waals surface area contributed by atoms with Gasteiger partial charge in [0.1, 0.15) is 0 Å². The number of hydrogen-bond donors (Lipinski definition) is 1. The van der Waals surface area contributed by atoms with E-state index in [0.717, 1.165) is 30.3 Å². The second-order valence-electron chi connectivity index (χ2n) is 6.92. The van der Waals surface area contributed by atoms with E-state index in [9.17, 15) is 13.6 Å². The van der Waals surface area contributed by atoms with E-state index in [1.807, 2.05) is 25.2 Å². The van der Waals surface area contributed by atoms with Crippen molar-refractivity contribution in [3.05, 3.63) is 65.2 Å². The van der Waals surface area contributed by atoms with Gasteiger partial charge in [0.25, 0.3) is 0 Å². The predicted octanol–water partition coefficient (Wildman–Crippen LogP) is 3.54. The third kappa shape index (κ3) is 3.23. The average molecular weight is 374 g/mol. The van der Waals surface area contributed by atoms with E-state index in [-0.39, 0.29) is 23.2 Å². The van der Waals surface area contributed by atoms with Crippen molar-refractivity contribution in [3.8, 4) is 0 Å². The molecule has 2 aliphatic heterocycles. The van der Waals surface area contributed by atoms with Gasteiger partial charge in [0.15, 0.2) is 11.6 Å². The van der Waals surface area contributed by atoms with Crippen LogP contribution in [0.5, 0.6) is 0 Å². The Balaban J connectivity index is 1.48. The van der Waals surface area contributed by atoms with Crippen LogP contribution in [0.25, 0.3) is 0 Å². The van der Waals surface area contributed by atoms with Gasteiger partial charge in [0, 0.05) is 17.5 Å². The van der Waals surface area contributed by atoms with Crippen LogP contribution >= 0.6 is 11.8 Å². The molecule has 0 aromatic heterocycles. The monoisotopic (exact) mass is 374 g/mol. The fourth-order valence-electron chi connectivity index (χ4n) is 3.89. The van der Waals surface area contributed by atoms with Gasteiger partial charge in [-0.1, -0.05) is 24.3 Å². The Labute approximate surface area is 155 Å². The molecule has 0 radical (unpaired) electrons. The molecule has 2 aromatic carbocycles. The minimum Gasteiger partial charge on any atom is -0.350 e. The minimum atomic E-state index is -0.852. The first-order chi connectivity index (χ1) is 12.5. The normalized spacial score (nSPS) is 25.3. The Bertz CT molecular complexity index is 819. The van der Waals surface area contributed by atoms with Crippen LogP contribution in [0.15, 0.2) is 47.4 Å². The van der Waals surface area contributed by atoms with Gasteiger partial charge in [-0.3, -0.25) is 9.69 Å². The van der Waals surface area contributed by atoms with Gasteiger partial charge in [0.05, 0.1) is 11.3 Å². The third-order valence-electron chi connectivity index (χ3n) is 5.20. The molecule has 2 aliphatic rings. The first kappa shape index (κ1) is 17.5. The van der Waals surface area contributed by atoms with Crippen LogP contribution in [0.2, 0.25) is 0 Å². The molecule has 0 aliphatic carbocycles. The topological polar surface area (TPSA) is 32.3 Å². The van der Waals surface area contributed by atoms with Gasteiger partial charge in [0.2, 0.25) is 5.91 Å². The molecule has 26 heavy (non-hydrogen) atoms. The Hall–Kier alpha value is -1.92. The standard InChI is InChI=1S/C20H20F2N2OS/c1-24-9-8-16(19(24)13-6-7-14(21)15(22)10-13)23-20(25)18-11-12-4-2-3-5-17(12)26-18/h2-7,10,16,18-19H,8-9,11H2,1H3,(H,23,25)/t16-,18-,19-/m0/s1. The van der Waals surface area contributed by atoms with E-state index >= 15 is 0 Å². The number of halogens is 2. The minimum absolute atomic E-state index is 0.0130. The molecule has 1 N–H and O–H groups in total. The van der Waals surface area contributed by atoms with Crippen molar-refractivity contribution in [2.45, 2.75) is 35.1 Å². The number of carbonyl (C=O) groups is 1. The summed E-state index contributed by atoms with van der Waals surface area (Å²) in [6.07, 6.45) is 1.52. The zero-order valence-corrected chi connectivity index (χ0v) is 15.2. The molecule has 0 unspecified atom stereocenters. The van der Waals surface area contributed by atoms with Gasteiger partial charge in [-0.2, -0.15) is 0 Å². The molecule has 2 aromatic rings. The van der Waals surface area contributed by atoms with Crippen molar-refractivity contribution >= 4 is 17.7 Å². The molecule has 1 fully saturated rings. The lowest BCUT2D eigenvalue weighted by atomic mass is 9.99. The molecule has 136 valence electrons. The Kier molecular flexibility index (Phi) is 4.71. The molecule has 2 heterocycles. The SMILES string of the molecule is CN1CC[C@H](NC(=O)[C@@H]2Cc3ccccc3S2)[C@@H]1c1ccc(F)c(F)c1. The highest BCUT2D eigenvalue weighted by molar-refractivity contribution is 8.01. The van der Waals surface area contributed by atoms with Crippen molar-refractivity contribution < 1.29 is 13.6 Å². The molecular weight excluding hydrogens is 354 g/mol. The summed E-state index contributed by atoms with van der Waals surface area (Å²) in [5.74, 6) is -1.69. The van der Waals surface area contributed by atoms with Gasteiger partial charge < -0.3 is 5.32 Å². The van der Waals surface area contributed by atoms with Crippen molar-refractivity contribution in [1.29, 1.82) is 0 Å². The van der Waals surface area contributed by atoms with Crippen LogP contribution in [-0.4, -0.2) is 35.7 Å². The van der Waals surface area contributed by atoms with Crippen molar-refractivity contribution in [2.75, 3.05) is 13.6 Å². The number of amides is 1. The number of carbonyl (C=O) groups excluding carboxylic acids is 1. The van der Waals surface area contributed by atoms with Crippen LogP contribution in [0.3, 0.4) is 0 Å². The van der Waals surface area contributed by atoms with Gasteiger partial charge in [-0.25, -0.2) is 8.78 Å². The zero-order chi connectivity index (χ0) is 18.3. The third-order valence-corrected chi connectivity index (χ3v) is 6.52. The Morgan fingerprint density at radius 3 is 2.77 bits per heavy atom. The molecule has 4 rings (SSSR count). The lowest BCUT2D eigenvalue weighted by molar-refractivity contribution is -0.121. The summed E-state index contributed by atoms with van der Waals surface area (Å²) in [5, 5.41) is 3.02. The van der Waals surface area contributed by atoms with Crippen LogP contribution < -0.4 is 5.32 Å². The summed E-state index contributed by atoms with van der Waals surface area (Å²) in [6, 6.07) is 11.8. The number of fused-ring (bicyclic) bond motifs is 1. The van der Waals surface area contributed by atoms with E-state index in [4.69, 9.17) is 0 Å². The highest BCUT2D eigenvalue weighted by atomic mass is 32.2. The van der Waals surface area contributed by atoms with Crippen molar-refractivity contribution in [1.82, 2.24) is 10.2 Å². The van der Waals surface area contributed by atoms with E-state index in [1.54, 1.807) is 17.8 Å². The molecule has 0 spiro atoms. The number of rotatable bonds is 3. The highest BCUT2D eigenvalue weighted by Crippen LogP contribution is 2.38. The quantitative estimate of drug-likeness (QED) is 0.892. The number of likely N-dealkylation sites (N-methyl/N-ethyl adjacent to an activating group) is 1. The maximum atomic E-state index is 13.7. The molecule has 0 saturated carbocycles. The lowest BCUT2D eigenvalue weighted by Gasteiger charge is -2.27. The number of hydrogen-bond acceptors (Lipinski definition) is 3. The van der Waals surface area contributed by atoms with Gasteiger partial charge >= 0.3 is 0 Å². The summed E-state index contributed by atoms with van der Waals surface area (Å²) in [6.45, 7) is 0.798. The molecule has 3 nitrogen and oxygen atoms in total. The van der Waals surface area contributed by atoms with Gasteiger partial charge in [-0.15, -0.1) is 11.8 Å². The Morgan fingerprint density at radius 1 is 1.19 bits per heavy atom. The van der Waals surface area contributed by atoms with E-state index in [2.05, 4.69) is 16.3 Å². The number of thioether (sulfide) groups is 1. The molecular formula is C20H20F2N2OS. The first-order valence-corrected chi connectivity index (χ1v) is 9.61. The summed E-state index contributed by atoms with van der Waals surface area (Å²) >= 11 is 1.59. The fraction of sp³-hybridized carbons (Fsp3) is 0.350. The predicted molar refractivity (Wildman–Crippen MR) is 98.1 cm³/mol. The van der Waals surface area contributed by atoms with Crippen molar-refractivity contribution in [2.24, 2.45) is 0 Å². The number of nitrogens with zero attached hydrogens (tertiary/aromatic N) is 1. The number of nitrogens with one attached hydrogen (secondary N) is 1. The van der Waals surface area contributed by atoms with E-state index in [1.165, 1.54) is 11.6 Å².